The molecule has 0 saturated carbocycles. The van der Waals surface area contributed by atoms with Gasteiger partial charge in [-0.25, -0.2) is 0 Å². The third-order valence-corrected chi connectivity index (χ3v) is 5.75. The summed E-state index contributed by atoms with van der Waals surface area (Å²) in [6, 6.07) is 17.5. The maximum atomic E-state index is 13.2. The number of benzene rings is 2. The summed E-state index contributed by atoms with van der Waals surface area (Å²) in [4.78, 5) is 31.9. The Hall–Kier alpha value is -3.93. The molecule has 3 aromatic rings. The molecule has 1 atom stereocenters. The molecule has 6 heteroatoms. The Labute approximate surface area is 199 Å². The van der Waals surface area contributed by atoms with Gasteiger partial charge in [0.25, 0.3) is 11.7 Å². The van der Waals surface area contributed by atoms with Gasteiger partial charge in [0, 0.05) is 24.5 Å². The third kappa shape index (κ3) is 4.71. The van der Waals surface area contributed by atoms with Crippen LogP contribution < -0.4 is 4.74 Å². The second kappa shape index (κ2) is 9.91. The van der Waals surface area contributed by atoms with Crippen LogP contribution in [0.15, 0.2) is 78.6 Å². The number of pyridine rings is 1. The molecule has 1 aliphatic heterocycles. The van der Waals surface area contributed by atoms with Crippen LogP contribution in [0, 0.1) is 12.8 Å². The highest BCUT2D eigenvalue weighted by Gasteiger charge is 2.46. The van der Waals surface area contributed by atoms with Crippen LogP contribution in [-0.2, 0) is 16.1 Å². The number of Topliss-reactive ketones (excluding diaryl/α,β-unsaturated/α-hetero) is 1. The van der Waals surface area contributed by atoms with Crippen molar-refractivity contribution >= 4 is 17.4 Å². The van der Waals surface area contributed by atoms with E-state index in [4.69, 9.17) is 4.74 Å². The van der Waals surface area contributed by atoms with Gasteiger partial charge in [-0.15, -0.1) is 0 Å². The van der Waals surface area contributed by atoms with E-state index in [9.17, 15) is 14.7 Å². The molecule has 2 aromatic carbocycles. The summed E-state index contributed by atoms with van der Waals surface area (Å²) in [5.74, 6) is -0.434. The number of aromatic nitrogens is 1. The molecule has 0 bridgehead atoms. The van der Waals surface area contributed by atoms with Crippen molar-refractivity contribution in [2.24, 2.45) is 5.92 Å². The summed E-state index contributed by atoms with van der Waals surface area (Å²) in [5, 5.41) is 11.3. The number of aryl methyl sites for hydroxylation is 1. The molecule has 1 unspecified atom stereocenters. The number of aliphatic hydroxyl groups excluding tert-OH is 1. The molecule has 1 N–H and O–H groups in total. The molecular weight excluding hydrogens is 428 g/mol. The van der Waals surface area contributed by atoms with Gasteiger partial charge < -0.3 is 14.7 Å². The normalized spacial score (nSPS) is 17.4. The van der Waals surface area contributed by atoms with Crippen molar-refractivity contribution in [3.8, 4) is 5.75 Å². The van der Waals surface area contributed by atoms with Crippen molar-refractivity contribution in [3.63, 3.8) is 0 Å². The Bertz CT molecular complexity index is 1220. The standard InChI is InChI=1S/C28H28N2O4/c1-18(2)17-34-23-12-11-22(14-19(23)3)26(31)24-25(21-9-5-4-6-10-21)30(28(33)27(24)32)16-20-8-7-13-29-15-20/h4-15,18,25,31H,16-17H2,1-3H3/b26-24-. The lowest BCUT2D eigenvalue weighted by molar-refractivity contribution is -0.140. The minimum Gasteiger partial charge on any atom is -0.507 e. The van der Waals surface area contributed by atoms with Gasteiger partial charge in [-0.2, -0.15) is 0 Å². The van der Waals surface area contributed by atoms with Crippen LogP contribution in [-0.4, -0.2) is 33.3 Å². The molecule has 1 aromatic heterocycles. The van der Waals surface area contributed by atoms with Crippen molar-refractivity contribution < 1.29 is 19.4 Å². The number of carbonyl (C=O) groups is 2. The van der Waals surface area contributed by atoms with E-state index in [2.05, 4.69) is 18.8 Å². The van der Waals surface area contributed by atoms with E-state index in [0.29, 0.717) is 18.1 Å². The minimum absolute atomic E-state index is 0.0790. The van der Waals surface area contributed by atoms with Gasteiger partial charge in [0.2, 0.25) is 0 Å². The summed E-state index contributed by atoms with van der Waals surface area (Å²) >= 11 is 0. The summed E-state index contributed by atoms with van der Waals surface area (Å²) in [7, 11) is 0. The van der Waals surface area contributed by atoms with Crippen LogP contribution in [0.3, 0.4) is 0 Å². The lowest BCUT2D eigenvalue weighted by Crippen LogP contribution is -2.29. The van der Waals surface area contributed by atoms with Gasteiger partial charge >= 0.3 is 0 Å². The molecule has 174 valence electrons. The molecule has 1 aliphatic rings. The van der Waals surface area contributed by atoms with E-state index >= 15 is 0 Å². The van der Waals surface area contributed by atoms with Crippen molar-refractivity contribution in [2.75, 3.05) is 6.61 Å². The van der Waals surface area contributed by atoms with Gasteiger partial charge in [0.05, 0.1) is 18.2 Å². The topological polar surface area (TPSA) is 79.7 Å². The van der Waals surface area contributed by atoms with E-state index in [1.165, 1.54) is 4.90 Å². The van der Waals surface area contributed by atoms with E-state index < -0.39 is 17.7 Å². The number of carbonyl (C=O) groups excluding carboxylic acids is 2. The Morgan fingerprint density at radius 2 is 1.85 bits per heavy atom. The first-order chi connectivity index (χ1) is 16.4. The molecule has 0 spiro atoms. The van der Waals surface area contributed by atoms with Crippen LogP contribution in [0.2, 0.25) is 0 Å². The molecule has 1 amide bonds. The summed E-state index contributed by atoms with van der Waals surface area (Å²) < 4.78 is 5.84. The maximum absolute atomic E-state index is 13.2. The Morgan fingerprint density at radius 1 is 1.09 bits per heavy atom. The molecule has 6 nitrogen and oxygen atoms in total. The Kier molecular flexibility index (Phi) is 6.77. The quantitative estimate of drug-likeness (QED) is 0.306. The minimum atomic E-state index is -0.710. The highest BCUT2D eigenvalue weighted by Crippen LogP contribution is 2.40. The fraction of sp³-hybridized carbons (Fsp3) is 0.250. The van der Waals surface area contributed by atoms with Crippen molar-refractivity contribution in [2.45, 2.75) is 33.4 Å². The number of hydrogen-bond acceptors (Lipinski definition) is 5. The molecule has 1 saturated heterocycles. The molecule has 2 heterocycles. The lowest BCUT2D eigenvalue weighted by Gasteiger charge is -2.25. The number of likely N-dealkylation sites (tertiary alicyclic amines) is 1. The number of nitrogens with zero attached hydrogens (tertiary/aromatic N) is 2. The zero-order valence-electron chi connectivity index (χ0n) is 19.6. The second-order valence-electron chi connectivity index (χ2n) is 8.88. The third-order valence-electron chi connectivity index (χ3n) is 5.75. The average molecular weight is 457 g/mol. The monoisotopic (exact) mass is 456 g/mol. The lowest BCUT2D eigenvalue weighted by atomic mass is 9.94. The van der Waals surface area contributed by atoms with Crippen LogP contribution in [0.1, 0.15) is 42.1 Å². The number of ether oxygens (including phenoxy) is 1. The van der Waals surface area contributed by atoms with Gasteiger partial charge in [-0.3, -0.25) is 14.6 Å². The van der Waals surface area contributed by atoms with Crippen LogP contribution in [0.5, 0.6) is 5.75 Å². The van der Waals surface area contributed by atoms with Gasteiger partial charge in [0.1, 0.15) is 11.5 Å². The number of rotatable bonds is 7. The fourth-order valence-corrected chi connectivity index (χ4v) is 4.08. The predicted octanol–water partition coefficient (Wildman–Crippen LogP) is 5.05. The molecule has 34 heavy (non-hydrogen) atoms. The van der Waals surface area contributed by atoms with Crippen molar-refractivity contribution in [1.29, 1.82) is 0 Å². The Balaban J connectivity index is 1.77. The first-order valence-corrected chi connectivity index (χ1v) is 11.3. The van der Waals surface area contributed by atoms with Crippen LogP contribution >= 0.6 is 0 Å². The number of hydrogen-bond donors (Lipinski definition) is 1. The molecule has 4 rings (SSSR count). The zero-order valence-corrected chi connectivity index (χ0v) is 19.6. The van der Waals surface area contributed by atoms with E-state index in [1.54, 1.807) is 36.7 Å². The van der Waals surface area contributed by atoms with Crippen molar-refractivity contribution in [1.82, 2.24) is 9.88 Å². The first kappa shape index (κ1) is 23.2. The largest absolute Gasteiger partial charge is 0.507 e. The fourth-order valence-electron chi connectivity index (χ4n) is 4.08. The van der Waals surface area contributed by atoms with Gasteiger partial charge in [-0.1, -0.05) is 50.2 Å². The number of amides is 1. The summed E-state index contributed by atoms with van der Waals surface area (Å²) in [5.41, 5.74) is 2.93. The molecule has 0 radical (unpaired) electrons. The Morgan fingerprint density at radius 3 is 2.50 bits per heavy atom. The number of aliphatic hydroxyl groups is 1. The zero-order chi connectivity index (χ0) is 24.2. The van der Waals surface area contributed by atoms with Crippen LogP contribution in [0.25, 0.3) is 5.76 Å². The first-order valence-electron chi connectivity index (χ1n) is 11.3. The maximum Gasteiger partial charge on any atom is 0.295 e. The van der Waals surface area contributed by atoms with E-state index in [0.717, 1.165) is 22.4 Å². The predicted molar refractivity (Wildman–Crippen MR) is 130 cm³/mol. The molecule has 0 aliphatic carbocycles. The van der Waals surface area contributed by atoms with Gasteiger partial charge in [0.15, 0.2) is 0 Å². The van der Waals surface area contributed by atoms with Crippen LogP contribution in [0.4, 0.5) is 0 Å². The van der Waals surface area contributed by atoms with E-state index in [1.807, 2.05) is 43.3 Å². The molecule has 1 fully saturated rings. The van der Waals surface area contributed by atoms with Gasteiger partial charge in [-0.05, 0) is 53.8 Å². The SMILES string of the molecule is Cc1cc(/C(O)=C2/C(=O)C(=O)N(Cc3cccnc3)C2c2ccccc2)ccc1OCC(C)C. The van der Waals surface area contributed by atoms with E-state index in [-0.39, 0.29) is 17.9 Å². The highest BCUT2D eigenvalue weighted by molar-refractivity contribution is 6.46. The highest BCUT2D eigenvalue weighted by atomic mass is 16.5. The smallest absolute Gasteiger partial charge is 0.295 e. The molecular formula is C28H28N2O4. The average Bonchev–Trinajstić information content (AvgIpc) is 3.09. The summed E-state index contributed by atoms with van der Waals surface area (Å²) in [6.07, 6.45) is 3.32. The summed E-state index contributed by atoms with van der Waals surface area (Å²) in [6.45, 7) is 6.82. The number of ketones is 1. The van der Waals surface area contributed by atoms with Crippen molar-refractivity contribution in [3.05, 3.63) is 101 Å². The second-order valence-corrected chi connectivity index (χ2v) is 8.88.